The first-order valence-electron chi connectivity index (χ1n) is 9.21. The van der Waals surface area contributed by atoms with Gasteiger partial charge in [-0.05, 0) is 36.8 Å². The van der Waals surface area contributed by atoms with E-state index >= 15 is 0 Å². The molecule has 0 unspecified atom stereocenters. The summed E-state index contributed by atoms with van der Waals surface area (Å²) in [7, 11) is 0. The number of carbonyl (C=O) groups is 2. The molecule has 4 nitrogen and oxygen atoms in total. The Morgan fingerprint density at radius 1 is 1.00 bits per heavy atom. The van der Waals surface area contributed by atoms with Crippen molar-refractivity contribution in [2.75, 3.05) is 26.2 Å². The molecule has 1 saturated carbocycles. The molecule has 132 valence electrons. The maximum absolute atomic E-state index is 13.0. The second-order valence-corrected chi connectivity index (χ2v) is 8.20. The van der Waals surface area contributed by atoms with Crippen molar-refractivity contribution in [1.29, 1.82) is 0 Å². The first-order chi connectivity index (χ1) is 12.1. The molecule has 2 amide bonds. The Morgan fingerprint density at radius 3 is 2.32 bits per heavy atom. The van der Waals surface area contributed by atoms with E-state index in [4.69, 9.17) is 0 Å². The van der Waals surface area contributed by atoms with Crippen molar-refractivity contribution in [2.24, 2.45) is 5.92 Å². The van der Waals surface area contributed by atoms with Crippen molar-refractivity contribution in [3.63, 3.8) is 0 Å². The van der Waals surface area contributed by atoms with Gasteiger partial charge in [-0.1, -0.05) is 31.0 Å². The van der Waals surface area contributed by atoms with Crippen LogP contribution in [-0.2, 0) is 4.79 Å². The minimum absolute atomic E-state index is 0.117. The smallest absolute Gasteiger partial charge is 0.264 e. The molecule has 0 N–H and O–H groups in total. The van der Waals surface area contributed by atoms with Gasteiger partial charge in [-0.2, -0.15) is 0 Å². The second-order valence-electron chi connectivity index (χ2n) is 7.15. The van der Waals surface area contributed by atoms with E-state index in [1.54, 1.807) is 11.3 Å². The Balaban J connectivity index is 1.44. The summed E-state index contributed by atoms with van der Waals surface area (Å²) in [6.45, 7) is 4.66. The molecule has 1 aliphatic carbocycles. The minimum Gasteiger partial charge on any atom is -0.339 e. The van der Waals surface area contributed by atoms with Gasteiger partial charge in [0, 0.05) is 36.8 Å². The van der Waals surface area contributed by atoms with Crippen LogP contribution in [0.5, 0.6) is 0 Å². The number of nitrogens with zero attached hydrogens (tertiary/aromatic N) is 2. The fraction of sp³-hybridized carbons (Fsp3) is 0.500. The molecule has 2 aromatic rings. The van der Waals surface area contributed by atoms with Gasteiger partial charge in [0.1, 0.15) is 0 Å². The summed E-state index contributed by atoms with van der Waals surface area (Å²) in [5.74, 6) is 0.654. The highest BCUT2D eigenvalue weighted by atomic mass is 32.1. The predicted octanol–water partition coefficient (Wildman–Crippen LogP) is 3.68. The molecule has 1 aromatic carbocycles. The Kier molecular flexibility index (Phi) is 4.50. The van der Waals surface area contributed by atoms with Crippen LogP contribution in [0.15, 0.2) is 24.3 Å². The fourth-order valence-electron chi connectivity index (χ4n) is 4.08. The van der Waals surface area contributed by atoms with Crippen molar-refractivity contribution in [3.8, 4) is 0 Å². The van der Waals surface area contributed by atoms with E-state index in [-0.39, 0.29) is 11.8 Å². The number of hydrogen-bond acceptors (Lipinski definition) is 3. The molecule has 5 heteroatoms. The van der Waals surface area contributed by atoms with Gasteiger partial charge >= 0.3 is 0 Å². The monoisotopic (exact) mass is 356 g/mol. The normalized spacial score (nSPS) is 18.9. The number of amides is 2. The molecule has 1 aromatic heterocycles. The Morgan fingerprint density at radius 2 is 1.64 bits per heavy atom. The van der Waals surface area contributed by atoms with Crippen LogP contribution in [0.4, 0.5) is 0 Å². The first kappa shape index (κ1) is 16.6. The molecule has 2 aliphatic rings. The van der Waals surface area contributed by atoms with Crippen molar-refractivity contribution < 1.29 is 9.59 Å². The van der Waals surface area contributed by atoms with E-state index < -0.39 is 0 Å². The zero-order chi connectivity index (χ0) is 17.4. The number of piperazine rings is 1. The molecule has 0 spiro atoms. The number of aryl methyl sites for hydroxylation is 1. The Hall–Kier alpha value is -1.88. The second kappa shape index (κ2) is 6.79. The van der Waals surface area contributed by atoms with E-state index in [1.165, 1.54) is 22.9 Å². The number of rotatable bonds is 2. The average Bonchev–Trinajstić information content (AvgIpc) is 3.30. The van der Waals surface area contributed by atoms with Crippen molar-refractivity contribution in [2.45, 2.75) is 32.6 Å². The third kappa shape index (κ3) is 3.06. The van der Waals surface area contributed by atoms with E-state index in [9.17, 15) is 9.59 Å². The molecule has 1 aliphatic heterocycles. The van der Waals surface area contributed by atoms with Crippen LogP contribution in [0.1, 0.15) is 40.9 Å². The summed E-state index contributed by atoms with van der Waals surface area (Å²) in [6, 6.07) is 8.18. The lowest BCUT2D eigenvalue weighted by molar-refractivity contribution is -0.136. The van der Waals surface area contributed by atoms with Crippen LogP contribution in [0, 0.1) is 12.8 Å². The summed E-state index contributed by atoms with van der Waals surface area (Å²) in [6.07, 6.45) is 4.44. The molecule has 4 rings (SSSR count). The largest absolute Gasteiger partial charge is 0.339 e. The maximum Gasteiger partial charge on any atom is 0.264 e. The van der Waals surface area contributed by atoms with Crippen LogP contribution < -0.4 is 0 Å². The van der Waals surface area contributed by atoms with Gasteiger partial charge in [0.15, 0.2) is 0 Å². The highest BCUT2D eigenvalue weighted by Crippen LogP contribution is 2.32. The lowest BCUT2D eigenvalue weighted by Gasteiger charge is -2.36. The highest BCUT2D eigenvalue weighted by Gasteiger charge is 2.31. The number of benzene rings is 1. The summed E-state index contributed by atoms with van der Waals surface area (Å²) >= 11 is 1.58. The van der Waals surface area contributed by atoms with Crippen molar-refractivity contribution in [3.05, 3.63) is 34.7 Å². The van der Waals surface area contributed by atoms with Gasteiger partial charge in [-0.25, -0.2) is 0 Å². The molecule has 2 fully saturated rings. The average molecular weight is 356 g/mol. The lowest BCUT2D eigenvalue weighted by atomic mass is 10.1. The SMILES string of the molecule is Cc1c(C(=O)N2CCN(C(=O)C3CCCC3)CC2)sc2ccccc12. The third-order valence-electron chi connectivity index (χ3n) is 5.62. The third-order valence-corrected chi connectivity index (χ3v) is 6.88. The molecule has 25 heavy (non-hydrogen) atoms. The first-order valence-corrected chi connectivity index (χ1v) is 10.0. The Bertz CT molecular complexity index is 799. The Labute approximate surface area is 152 Å². The molecule has 0 bridgehead atoms. The maximum atomic E-state index is 13.0. The van der Waals surface area contributed by atoms with Gasteiger partial charge in [0.25, 0.3) is 5.91 Å². The van der Waals surface area contributed by atoms with Crippen molar-refractivity contribution in [1.82, 2.24) is 9.80 Å². The molecule has 1 saturated heterocycles. The van der Waals surface area contributed by atoms with Crippen LogP contribution in [0.2, 0.25) is 0 Å². The van der Waals surface area contributed by atoms with Gasteiger partial charge in [0.05, 0.1) is 4.88 Å². The van der Waals surface area contributed by atoms with Crippen LogP contribution >= 0.6 is 11.3 Å². The van der Waals surface area contributed by atoms with Gasteiger partial charge < -0.3 is 9.80 Å². The highest BCUT2D eigenvalue weighted by molar-refractivity contribution is 7.21. The van der Waals surface area contributed by atoms with Crippen LogP contribution in [-0.4, -0.2) is 47.8 Å². The minimum atomic E-state index is 0.117. The zero-order valence-electron chi connectivity index (χ0n) is 14.7. The zero-order valence-corrected chi connectivity index (χ0v) is 15.5. The topological polar surface area (TPSA) is 40.6 Å². The predicted molar refractivity (Wildman–Crippen MR) is 101 cm³/mol. The van der Waals surface area contributed by atoms with Crippen LogP contribution in [0.3, 0.4) is 0 Å². The summed E-state index contributed by atoms with van der Waals surface area (Å²) in [4.78, 5) is 30.2. The molecule has 0 atom stereocenters. The molecule has 2 heterocycles. The number of fused-ring (bicyclic) bond motifs is 1. The number of carbonyl (C=O) groups excluding carboxylic acids is 2. The van der Waals surface area contributed by atoms with Gasteiger partial charge in [-0.15, -0.1) is 11.3 Å². The van der Waals surface area contributed by atoms with Gasteiger partial charge in [0.2, 0.25) is 5.91 Å². The van der Waals surface area contributed by atoms with Gasteiger partial charge in [-0.3, -0.25) is 9.59 Å². The molecule has 0 radical (unpaired) electrons. The molecular formula is C20H24N2O2S. The quantitative estimate of drug-likeness (QED) is 0.823. The summed E-state index contributed by atoms with van der Waals surface area (Å²) < 4.78 is 1.17. The van der Waals surface area contributed by atoms with E-state index in [0.717, 1.165) is 23.3 Å². The molecular weight excluding hydrogens is 332 g/mol. The van der Waals surface area contributed by atoms with Crippen molar-refractivity contribution >= 4 is 33.2 Å². The summed E-state index contributed by atoms with van der Waals surface area (Å²) in [5, 5.41) is 1.17. The number of hydrogen-bond donors (Lipinski definition) is 0. The fourth-order valence-corrected chi connectivity index (χ4v) is 5.26. The van der Waals surface area contributed by atoms with E-state index in [0.29, 0.717) is 32.1 Å². The standard InChI is InChI=1S/C20H24N2O2S/c1-14-16-8-4-5-9-17(16)25-18(14)20(24)22-12-10-21(11-13-22)19(23)15-6-2-3-7-15/h4-5,8-9,15H,2-3,6-7,10-13H2,1H3. The number of thiophene rings is 1. The van der Waals surface area contributed by atoms with E-state index in [2.05, 4.69) is 12.1 Å². The summed E-state index contributed by atoms with van der Waals surface area (Å²) in [5.41, 5.74) is 1.08. The lowest BCUT2D eigenvalue weighted by Crippen LogP contribution is -2.51. The van der Waals surface area contributed by atoms with E-state index in [1.807, 2.05) is 28.9 Å². The van der Waals surface area contributed by atoms with Crippen LogP contribution in [0.25, 0.3) is 10.1 Å².